The Balaban J connectivity index is 1.52. The van der Waals surface area contributed by atoms with Crippen LogP contribution in [0.25, 0.3) is 0 Å². The Morgan fingerprint density at radius 1 is 1.29 bits per heavy atom. The average molecular weight is 377 g/mol. The monoisotopic (exact) mass is 377 g/mol. The maximum atomic E-state index is 14.6. The third kappa shape index (κ3) is 3.67. The van der Waals surface area contributed by atoms with Crippen LogP contribution in [-0.2, 0) is 6.54 Å². The Morgan fingerprint density at radius 2 is 2.11 bits per heavy atom. The van der Waals surface area contributed by atoms with Crippen LogP contribution in [0.4, 0.5) is 14.9 Å². The largest absolute Gasteiger partial charge is 0.356 e. The van der Waals surface area contributed by atoms with Crippen molar-refractivity contribution < 1.29 is 14.0 Å². The van der Waals surface area contributed by atoms with Gasteiger partial charge in [-0.15, -0.1) is 0 Å². The molecule has 0 spiro atoms. The highest BCUT2D eigenvalue weighted by atomic mass is 19.1. The van der Waals surface area contributed by atoms with E-state index in [9.17, 15) is 14.0 Å². The second-order valence-electron chi connectivity index (χ2n) is 6.72. The first-order chi connectivity index (χ1) is 13.5. The van der Waals surface area contributed by atoms with Crippen molar-refractivity contribution in [1.29, 1.82) is 5.26 Å². The molecule has 1 fully saturated rings. The second kappa shape index (κ2) is 7.09. The van der Waals surface area contributed by atoms with Gasteiger partial charge in [-0.2, -0.15) is 5.26 Å². The van der Waals surface area contributed by atoms with Crippen LogP contribution in [0.1, 0.15) is 46.1 Å². The maximum Gasteiger partial charge on any atom is 0.320 e. The van der Waals surface area contributed by atoms with E-state index in [0.29, 0.717) is 22.7 Å². The summed E-state index contributed by atoms with van der Waals surface area (Å²) < 4.78 is 14.6. The number of rotatable bonds is 3. The van der Waals surface area contributed by atoms with E-state index in [1.54, 1.807) is 0 Å². The Kier molecular flexibility index (Phi) is 4.46. The molecule has 1 aromatic carbocycles. The number of nitrogens with zero attached hydrogens (tertiary/aromatic N) is 1. The first-order valence-electron chi connectivity index (χ1n) is 8.81. The number of H-pyrrole nitrogens is 1. The van der Waals surface area contributed by atoms with Gasteiger partial charge in [-0.25, -0.2) is 9.18 Å². The van der Waals surface area contributed by atoms with Crippen molar-refractivity contribution in [2.45, 2.75) is 25.4 Å². The second-order valence-corrected chi connectivity index (χ2v) is 6.72. The zero-order chi connectivity index (χ0) is 19.7. The summed E-state index contributed by atoms with van der Waals surface area (Å²) in [5, 5.41) is 16.7. The molecule has 0 radical (unpaired) electrons. The molecule has 1 aliphatic carbocycles. The number of nitrogens with one attached hydrogen (secondary N) is 4. The number of amides is 3. The topological polar surface area (TPSA) is 110 Å². The van der Waals surface area contributed by atoms with Crippen LogP contribution in [0, 0.1) is 34.9 Å². The molecule has 1 aromatic heterocycles. The molecule has 3 amide bonds. The number of halogens is 1. The first-order valence-corrected chi connectivity index (χ1v) is 8.81. The number of anilines is 1. The standard InChI is InChI=1S/C20H16FN5O2/c21-15-7-14-16(4-3-11-1-2-11)25-20(28)26-17(14)6-13(15)10-24-19(27)18-5-12(8-22)9-23-18/h5-7,9,11,16,23H,1-2,10H2,(H,24,27)(H2,25,26,28). The van der Waals surface area contributed by atoms with E-state index < -0.39 is 23.8 Å². The smallest absolute Gasteiger partial charge is 0.320 e. The summed E-state index contributed by atoms with van der Waals surface area (Å²) in [7, 11) is 0. The van der Waals surface area contributed by atoms with Gasteiger partial charge in [0.25, 0.3) is 5.91 Å². The predicted octanol–water partition coefficient (Wildman–Crippen LogP) is 2.55. The highest BCUT2D eigenvalue weighted by Crippen LogP contribution is 2.31. The molecule has 2 aliphatic rings. The number of hydrogen-bond donors (Lipinski definition) is 4. The van der Waals surface area contributed by atoms with Crippen LogP contribution in [0.15, 0.2) is 24.4 Å². The van der Waals surface area contributed by atoms with Gasteiger partial charge in [0, 0.05) is 35.5 Å². The summed E-state index contributed by atoms with van der Waals surface area (Å²) >= 11 is 0. The molecule has 28 heavy (non-hydrogen) atoms. The fourth-order valence-corrected chi connectivity index (χ4v) is 2.89. The summed E-state index contributed by atoms with van der Waals surface area (Å²) in [5.74, 6) is 5.50. The number of benzene rings is 1. The molecule has 4 N–H and O–H groups in total. The summed E-state index contributed by atoms with van der Waals surface area (Å²) in [4.78, 5) is 26.7. The molecule has 2 aromatic rings. The molecule has 1 atom stereocenters. The lowest BCUT2D eigenvalue weighted by Gasteiger charge is -2.24. The molecular formula is C20H16FN5O2. The van der Waals surface area contributed by atoms with Crippen molar-refractivity contribution in [3.8, 4) is 17.9 Å². The highest BCUT2D eigenvalue weighted by Gasteiger charge is 2.26. The molecule has 7 nitrogen and oxygen atoms in total. The number of urea groups is 1. The number of aromatic nitrogens is 1. The van der Waals surface area contributed by atoms with Crippen LogP contribution in [-0.4, -0.2) is 16.9 Å². The summed E-state index contributed by atoms with van der Waals surface area (Å²) in [5.41, 5.74) is 1.80. The van der Waals surface area contributed by atoms with Gasteiger partial charge in [0.15, 0.2) is 0 Å². The normalized spacial score (nSPS) is 17.3. The number of nitriles is 1. The molecule has 0 saturated heterocycles. The van der Waals surface area contributed by atoms with Crippen LogP contribution < -0.4 is 16.0 Å². The average Bonchev–Trinajstić information content (AvgIpc) is 3.38. The van der Waals surface area contributed by atoms with Crippen molar-refractivity contribution in [3.05, 3.63) is 52.6 Å². The van der Waals surface area contributed by atoms with Crippen molar-refractivity contribution in [3.63, 3.8) is 0 Å². The van der Waals surface area contributed by atoms with E-state index in [0.717, 1.165) is 12.8 Å². The predicted molar refractivity (Wildman–Crippen MR) is 98.5 cm³/mol. The molecule has 0 bridgehead atoms. The van der Waals surface area contributed by atoms with E-state index in [-0.39, 0.29) is 17.8 Å². The Labute approximate surface area is 160 Å². The van der Waals surface area contributed by atoms with Crippen LogP contribution in [0.3, 0.4) is 0 Å². The first kappa shape index (κ1) is 17.6. The molecule has 1 unspecified atom stereocenters. The zero-order valence-electron chi connectivity index (χ0n) is 14.7. The van der Waals surface area contributed by atoms with Gasteiger partial charge in [-0.05, 0) is 31.0 Å². The van der Waals surface area contributed by atoms with E-state index in [4.69, 9.17) is 5.26 Å². The lowest BCUT2D eigenvalue weighted by atomic mass is 9.99. The lowest BCUT2D eigenvalue weighted by Crippen LogP contribution is -2.37. The zero-order valence-corrected chi connectivity index (χ0v) is 14.7. The summed E-state index contributed by atoms with van der Waals surface area (Å²) in [6, 6.07) is 5.20. The number of fused-ring (bicyclic) bond motifs is 1. The van der Waals surface area contributed by atoms with E-state index in [2.05, 4.69) is 32.8 Å². The third-order valence-corrected chi connectivity index (χ3v) is 4.56. The van der Waals surface area contributed by atoms with Crippen LogP contribution in [0.5, 0.6) is 0 Å². The van der Waals surface area contributed by atoms with Crippen LogP contribution >= 0.6 is 0 Å². The minimum atomic E-state index is -0.564. The van der Waals surface area contributed by atoms with Crippen molar-refractivity contribution in [2.75, 3.05) is 5.32 Å². The van der Waals surface area contributed by atoms with Gasteiger partial charge >= 0.3 is 6.03 Å². The molecular weight excluding hydrogens is 361 g/mol. The van der Waals surface area contributed by atoms with Gasteiger partial charge in [0.1, 0.15) is 23.6 Å². The number of aromatic amines is 1. The molecule has 140 valence electrons. The van der Waals surface area contributed by atoms with Gasteiger partial charge in [0.05, 0.1) is 5.56 Å². The maximum absolute atomic E-state index is 14.6. The quantitative estimate of drug-likeness (QED) is 0.617. The third-order valence-electron chi connectivity index (χ3n) is 4.56. The summed E-state index contributed by atoms with van der Waals surface area (Å²) in [6.07, 6.45) is 3.53. The Bertz CT molecular complexity index is 1070. The Morgan fingerprint density at radius 3 is 2.82 bits per heavy atom. The van der Waals surface area contributed by atoms with E-state index in [1.807, 2.05) is 6.07 Å². The van der Waals surface area contributed by atoms with Crippen molar-refractivity contribution >= 4 is 17.6 Å². The number of carbonyl (C=O) groups excluding carboxylic acids is 2. The highest BCUT2D eigenvalue weighted by molar-refractivity contribution is 5.94. The van der Waals surface area contributed by atoms with E-state index in [1.165, 1.54) is 24.4 Å². The number of hydrogen-bond acceptors (Lipinski definition) is 3. The van der Waals surface area contributed by atoms with Crippen molar-refractivity contribution in [2.24, 2.45) is 5.92 Å². The molecule has 2 heterocycles. The summed E-state index contributed by atoms with van der Waals surface area (Å²) in [6.45, 7) is -0.0689. The van der Waals surface area contributed by atoms with Gasteiger partial charge in [-0.1, -0.05) is 11.8 Å². The lowest BCUT2D eigenvalue weighted by molar-refractivity contribution is 0.0946. The fourth-order valence-electron chi connectivity index (χ4n) is 2.89. The molecule has 1 saturated carbocycles. The molecule has 4 rings (SSSR count). The van der Waals surface area contributed by atoms with Gasteiger partial charge in [-0.3, -0.25) is 4.79 Å². The minimum absolute atomic E-state index is 0.0689. The fraction of sp³-hybridized carbons (Fsp3) is 0.250. The van der Waals surface area contributed by atoms with Crippen LogP contribution in [0.2, 0.25) is 0 Å². The number of carbonyl (C=O) groups is 2. The van der Waals surface area contributed by atoms with Crippen molar-refractivity contribution in [1.82, 2.24) is 15.6 Å². The van der Waals surface area contributed by atoms with E-state index >= 15 is 0 Å². The SMILES string of the molecule is N#Cc1c[nH]c(C(=O)NCc2cc3c(cc2F)C(C#CC2CC2)NC(=O)N3)c1. The van der Waals surface area contributed by atoms with Gasteiger partial charge < -0.3 is 20.9 Å². The molecule has 1 aliphatic heterocycles. The minimum Gasteiger partial charge on any atom is -0.356 e. The van der Waals surface area contributed by atoms with Gasteiger partial charge in [0.2, 0.25) is 0 Å². The molecule has 8 heteroatoms. The Hall–Kier alpha value is -3.78.